The molecule has 0 bridgehead atoms. The number of hydrogen-bond donors (Lipinski definition) is 0. The Morgan fingerprint density at radius 1 is 0.926 bits per heavy atom. The van der Waals surface area contributed by atoms with Gasteiger partial charge in [0, 0.05) is 32.7 Å². The van der Waals surface area contributed by atoms with Crippen molar-refractivity contribution in [1.82, 2.24) is 9.80 Å². The van der Waals surface area contributed by atoms with Crippen molar-refractivity contribution in [1.29, 1.82) is 5.26 Å². The summed E-state index contributed by atoms with van der Waals surface area (Å²) in [5.41, 5.74) is 0.570. The monoisotopic (exact) mass is 365 g/mol. The fraction of sp³-hybridized carbons (Fsp3) is 0.333. The lowest BCUT2D eigenvalue weighted by atomic mass is 10.2. The van der Waals surface area contributed by atoms with Crippen molar-refractivity contribution in [3.63, 3.8) is 0 Å². The summed E-state index contributed by atoms with van der Waals surface area (Å²) in [4.78, 5) is 16.4. The van der Waals surface area contributed by atoms with Crippen LogP contribution >= 0.6 is 0 Å². The van der Waals surface area contributed by atoms with Gasteiger partial charge in [-0.25, -0.2) is 0 Å². The van der Waals surface area contributed by atoms with E-state index in [2.05, 4.69) is 11.0 Å². The number of nitrogens with zero attached hydrogens (tertiary/aromatic N) is 3. The van der Waals surface area contributed by atoms with E-state index in [9.17, 15) is 4.79 Å². The normalized spacial score (nSPS) is 14.4. The summed E-state index contributed by atoms with van der Waals surface area (Å²) >= 11 is 0. The molecular formula is C21H23N3O3. The number of benzene rings is 2. The number of piperazine rings is 1. The van der Waals surface area contributed by atoms with Crippen LogP contribution in [0.25, 0.3) is 0 Å². The summed E-state index contributed by atoms with van der Waals surface area (Å²) in [6.07, 6.45) is 0. The topological polar surface area (TPSA) is 65.8 Å². The minimum atomic E-state index is -0.0143. The zero-order valence-corrected chi connectivity index (χ0v) is 15.2. The van der Waals surface area contributed by atoms with Crippen molar-refractivity contribution in [2.24, 2.45) is 0 Å². The van der Waals surface area contributed by atoms with Gasteiger partial charge < -0.3 is 14.4 Å². The van der Waals surface area contributed by atoms with Gasteiger partial charge in [0.25, 0.3) is 5.91 Å². The number of amides is 1. The summed E-state index contributed by atoms with van der Waals surface area (Å²) in [7, 11) is 0. The molecule has 1 aliphatic heterocycles. The number of nitriles is 1. The minimum Gasteiger partial charge on any atom is -0.492 e. The zero-order chi connectivity index (χ0) is 18.9. The predicted molar refractivity (Wildman–Crippen MR) is 102 cm³/mol. The van der Waals surface area contributed by atoms with E-state index in [1.165, 1.54) is 0 Å². The molecule has 1 heterocycles. The number of hydrogen-bond acceptors (Lipinski definition) is 5. The summed E-state index contributed by atoms with van der Waals surface area (Å²) < 4.78 is 11.3. The summed E-state index contributed by atoms with van der Waals surface area (Å²) in [6, 6.07) is 18.6. The fourth-order valence-electron chi connectivity index (χ4n) is 2.89. The van der Waals surface area contributed by atoms with E-state index >= 15 is 0 Å². The molecule has 1 amide bonds. The van der Waals surface area contributed by atoms with Crippen molar-refractivity contribution in [3.8, 4) is 17.6 Å². The lowest BCUT2D eigenvalue weighted by Gasteiger charge is -2.34. The predicted octanol–water partition coefficient (Wildman–Crippen LogP) is 2.16. The minimum absolute atomic E-state index is 0.0143. The molecule has 2 aromatic carbocycles. The standard InChI is InChI=1S/C21H23N3O3/c22-16-18-6-8-20(9-7-18)27-17-21(25)24-12-10-23(11-13-24)14-15-26-19-4-2-1-3-5-19/h1-9H,10-15,17H2. The molecule has 0 aliphatic carbocycles. The number of ether oxygens (including phenoxy) is 2. The van der Waals surface area contributed by atoms with E-state index in [4.69, 9.17) is 14.7 Å². The first-order valence-corrected chi connectivity index (χ1v) is 9.05. The van der Waals surface area contributed by atoms with Gasteiger partial charge in [0.05, 0.1) is 11.6 Å². The molecule has 1 saturated heterocycles. The van der Waals surface area contributed by atoms with Crippen molar-refractivity contribution in [2.45, 2.75) is 0 Å². The highest BCUT2D eigenvalue weighted by Crippen LogP contribution is 2.12. The Morgan fingerprint density at radius 2 is 1.59 bits per heavy atom. The highest BCUT2D eigenvalue weighted by Gasteiger charge is 2.21. The molecule has 0 saturated carbocycles. The lowest BCUT2D eigenvalue weighted by Crippen LogP contribution is -2.50. The second-order valence-corrected chi connectivity index (χ2v) is 6.31. The van der Waals surface area contributed by atoms with Crippen molar-refractivity contribution >= 4 is 5.91 Å². The maximum atomic E-state index is 12.3. The van der Waals surface area contributed by atoms with Crippen LogP contribution in [0.1, 0.15) is 5.56 Å². The molecule has 1 aliphatic rings. The molecule has 0 N–H and O–H groups in total. The third-order valence-corrected chi connectivity index (χ3v) is 4.49. The second-order valence-electron chi connectivity index (χ2n) is 6.31. The van der Waals surface area contributed by atoms with Crippen molar-refractivity contribution in [2.75, 3.05) is 45.9 Å². The summed E-state index contributed by atoms with van der Waals surface area (Å²) in [5.74, 6) is 1.46. The highest BCUT2D eigenvalue weighted by molar-refractivity contribution is 5.77. The summed E-state index contributed by atoms with van der Waals surface area (Å²) in [5, 5.41) is 8.79. The molecule has 0 unspecified atom stereocenters. The molecule has 3 rings (SSSR count). The first-order valence-electron chi connectivity index (χ1n) is 9.05. The number of carbonyl (C=O) groups is 1. The molecule has 0 aromatic heterocycles. The van der Waals surface area contributed by atoms with Crippen LogP contribution in [-0.4, -0.2) is 61.6 Å². The van der Waals surface area contributed by atoms with Gasteiger partial charge in [0.1, 0.15) is 18.1 Å². The van der Waals surface area contributed by atoms with Crippen LogP contribution in [0.5, 0.6) is 11.5 Å². The van der Waals surface area contributed by atoms with E-state index in [0.29, 0.717) is 31.0 Å². The molecule has 2 aromatic rings. The van der Waals surface area contributed by atoms with Crippen molar-refractivity contribution in [3.05, 3.63) is 60.2 Å². The van der Waals surface area contributed by atoms with E-state index in [0.717, 1.165) is 25.4 Å². The van der Waals surface area contributed by atoms with Gasteiger partial charge in [-0.3, -0.25) is 9.69 Å². The van der Waals surface area contributed by atoms with E-state index in [1.807, 2.05) is 35.2 Å². The average Bonchev–Trinajstić information content (AvgIpc) is 2.73. The third-order valence-electron chi connectivity index (χ3n) is 4.49. The van der Waals surface area contributed by atoms with Gasteiger partial charge in [-0.05, 0) is 36.4 Å². The van der Waals surface area contributed by atoms with Crippen LogP contribution in [-0.2, 0) is 4.79 Å². The van der Waals surface area contributed by atoms with E-state index in [-0.39, 0.29) is 12.5 Å². The van der Waals surface area contributed by atoms with Gasteiger partial charge >= 0.3 is 0 Å². The Kier molecular flexibility index (Phi) is 6.66. The van der Waals surface area contributed by atoms with Crippen LogP contribution in [0.2, 0.25) is 0 Å². The molecule has 6 nitrogen and oxygen atoms in total. The number of para-hydroxylation sites is 1. The molecule has 6 heteroatoms. The van der Waals surface area contributed by atoms with Crippen LogP contribution in [0.3, 0.4) is 0 Å². The molecular weight excluding hydrogens is 342 g/mol. The van der Waals surface area contributed by atoms with Crippen LogP contribution in [0.15, 0.2) is 54.6 Å². The van der Waals surface area contributed by atoms with Crippen LogP contribution in [0.4, 0.5) is 0 Å². The molecule has 0 atom stereocenters. The fourth-order valence-corrected chi connectivity index (χ4v) is 2.89. The Balaban J connectivity index is 1.34. The van der Waals surface area contributed by atoms with E-state index in [1.54, 1.807) is 24.3 Å². The molecule has 1 fully saturated rings. The molecule has 0 radical (unpaired) electrons. The Hall–Kier alpha value is -3.04. The Morgan fingerprint density at radius 3 is 2.26 bits per heavy atom. The Labute approximate surface area is 159 Å². The lowest BCUT2D eigenvalue weighted by molar-refractivity contribution is -0.135. The summed E-state index contributed by atoms with van der Waals surface area (Å²) in [6.45, 7) is 4.56. The largest absolute Gasteiger partial charge is 0.492 e. The number of carbonyl (C=O) groups excluding carboxylic acids is 1. The maximum absolute atomic E-state index is 12.3. The quantitative estimate of drug-likeness (QED) is 0.752. The van der Waals surface area contributed by atoms with Crippen LogP contribution < -0.4 is 9.47 Å². The highest BCUT2D eigenvalue weighted by atomic mass is 16.5. The van der Waals surface area contributed by atoms with Crippen LogP contribution in [0, 0.1) is 11.3 Å². The maximum Gasteiger partial charge on any atom is 0.260 e. The SMILES string of the molecule is N#Cc1ccc(OCC(=O)N2CCN(CCOc3ccccc3)CC2)cc1. The first kappa shape index (κ1) is 18.7. The van der Waals surface area contributed by atoms with Gasteiger partial charge in [-0.2, -0.15) is 5.26 Å². The smallest absolute Gasteiger partial charge is 0.260 e. The zero-order valence-electron chi connectivity index (χ0n) is 15.2. The van der Waals surface area contributed by atoms with Crippen molar-refractivity contribution < 1.29 is 14.3 Å². The van der Waals surface area contributed by atoms with E-state index < -0.39 is 0 Å². The van der Waals surface area contributed by atoms with Gasteiger partial charge in [0.2, 0.25) is 0 Å². The Bertz CT molecular complexity index is 764. The van der Waals surface area contributed by atoms with Gasteiger partial charge in [-0.15, -0.1) is 0 Å². The van der Waals surface area contributed by atoms with Gasteiger partial charge in [-0.1, -0.05) is 18.2 Å². The molecule has 27 heavy (non-hydrogen) atoms. The number of rotatable bonds is 7. The molecule has 140 valence electrons. The average molecular weight is 365 g/mol. The third kappa shape index (κ3) is 5.73. The first-order chi connectivity index (χ1) is 13.2. The van der Waals surface area contributed by atoms with Gasteiger partial charge in [0.15, 0.2) is 6.61 Å². The molecule has 0 spiro atoms. The second kappa shape index (κ2) is 9.60.